The Balaban J connectivity index is 3.09. The number of nitrogens with one attached hydrogen (secondary N) is 1. The predicted molar refractivity (Wildman–Crippen MR) is 72.5 cm³/mol. The first-order chi connectivity index (χ1) is 9.12. The zero-order chi connectivity index (χ0) is 14.3. The van der Waals surface area contributed by atoms with Gasteiger partial charge in [-0.1, -0.05) is 0 Å². The Morgan fingerprint density at radius 3 is 1.79 bits per heavy atom. The van der Waals surface area contributed by atoms with Crippen LogP contribution >= 0.6 is 0 Å². The van der Waals surface area contributed by atoms with Crippen molar-refractivity contribution in [1.82, 2.24) is 0 Å². The summed E-state index contributed by atoms with van der Waals surface area (Å²) in [6.07, 6.45) is 0. The van der Waals surface area contributed by atoms with Gasteiger partial charge in [-0.25, -0.2) is 9.59 Å². The Hall–Kier alpha value is -2.04. The highest BCUT2D eigenvalue weighted by molar-refractivity contribution is 5.97. The standard InChI is InChI=1S/C14H19NO4/c1-4-15-12-8-10(13(16)18-5-2)7-11(9-12)14(17)19-6-3/h7-9,15H,4-6H2,1-3H3. The lowest BCUT2D eigenvalue weighted by Gasteiger charge is -2.09. The summed E-state index contributed by atoms with van der Waals surface area (Å²) in [5.41, 5.74) is 1.36. The monoisotopic (exact) mass is 265 g/mol. The van der Waals surface area contributed by atoms with Crippen molar-refractivity contribution in [2.24, 2.45) is 0 Å². The maximum Gasteiger partial charge on any atom is 0.338 e. The van der Waals surface area contributed by atoms with Gasteiger partial charge in [0.05, 0.1) is 24.3 Å². The molecule has 0 saturated carbocycles. The molecule has 0 aliphatic heterocycles. The molecular formula is C14H19NO4. The molecule has 0 saturated heterocycles. The van der Waals surface area contributed by atoms with Gasteiger partial charge >= 0.3 is 11.9 Å². The van der Waals surface area contributed by atoms with E-state index < -0.39 is 11.9 Å². The van der Waals surface area contributed by atoms with Gasteiger partial charge in [-0.3, -0.25) is 0 Å². The summed E-state index contributed by atoms with van der Waals surface area (Å²) in [5, 5.41) is 3.07. The predicted octanol–water partition coefficient (Wildman–Crippen LogP) is 2.47. The van der Waals surface area contributed by atoms with Crippen LogP contribution in [0.1, 0.15) is 41.5 Å². The number of esters is 2. The molecule has 0 fully saturated rings. The molecule has 0 bridgehead atoms. The van der Waals surface area contributed by atoms with Gasteiger partial charge in [0.2, 0.25) is 0 Å². The van der Waals surface area contributed by atoms with Crippen molar-refractivity contribution >= 4 is 17.6 Å². The van der Waals surface area contributed by atoms with E-state index in [2.05, 4.69) is 5.32 Å². The first kappa shape index (κ1) is 15.0. The third-order valence-corrected chi connectivity index (χ3v) is 2.34. The molecule has 1 aromatic rings. The van der Waals surface area contributed by atoms with E-state index in [1.165, 1.54) is 6.07 Å². The average Bonchev–Trinajstić information content (AvgIpc) is 2.39. The second-order valence-corrected chi connectivity index (χ2v) is 3.77. The molecule has 5 nitrogen and oxygen atoms in total. The molecule has 0 aliphatic carbocycles. The number of hydrogen-bond donors (Lipinski definition) is 1. The molecule has 19 heavy (non-hydrogen) atoms. The number of anilines is 1. The molecule has 1 aromatic carbocycles. The number of ether oxygens (including phenoxy) is 2. The Morgan fingerprint density at radius 1 is 0.947 bits per heavy atom. The molecule has 0 aliphatic rings. The van der Waals surface area contributed by atoms with Gasteiger partial charge in [-0.2, -0.15) is 0 Å². The van der Waals surface area contributed by atoms with Crippen molar-refractivity contribution in [1.29, 1.82) is 0 Å². The van der Waals surface area contributed by atoms with Crippen LogP contribution in [0.4, 0.5) is 5.69 Å². The zero-order valence-corrected chi connectivity index (χ0v) is 11.5. The summed E-state index contributed by atoms with van der Waals surface area (Å²) < 4.78 is 9.87. The van der Waals surface area contributed by atoms with Crippen molar-refractivity contribution in [3.8, 4) is 0 Å². The Bertz CT molecular complexity index is 421. The lowest BCUT2D eigenvalue weighted by molar-refractivity contribution is 0.0525. The van der Waals surface area contributed by atoms with Gasteiger partial charge in [-0.05, 0) is 39.0 Å². The molecular weight excluding hydrogens is 246 g/mol. The van der Waals surface area contributed by atoms with Crippen LogP contribution in [0, 0.1) is 0 Å². The van der Waals surface area contributed by atoms with Crippen molar-refractivity contribution in [2.75, 3.05) is 25.1 Å². The van der Waals surface area contributed by atoms with Gasteiger partial charge < -0.3 is 14.8 Å². The smallest absolute Gasteiger partial charge is 0.338 e. The van der Waals surface area contributed by atoms with Crippen LogP contribution in [0.25, 0.3) is 0 Å². The normalized spacial score (nSPS) is 9.84. The summed E-state index contributed by atoms with van der Waals surface area (Å²) in [7, 11) is 0. The number of benzene rings is 1. The van der Waals surface area contributed by atoms with Crippen molar-refractivity contribution in [3.05, 3.63) is 29.3 Å². The molecule has 1 N–H and O–H groups in total. The number of rotatable bonds is 6. The summed E-state index contributed by atoms with van der Waals surface area (Å²) in [4.78, 5) is 23.5. The Labute approximate surface area is 112 Å². The largest absolute Gasteiger partial charge is 0.462 e. The molecule has 5 heteroatoms. The summed E-state index contributed by atoms with van der Waals surface area (Å²) in [6, 6.07) is 4.80. The molecule has 0 heterocycles. The summed E-state index contributed by atoms with van der Waals surface area (Å²) in [5.74, 6) is -0.902. The van der Waals surface area contributed by atoms with Gasteiger partial charge in [0, 0.05) is 12.2 Å². The van der Waals surface area contributed by atoms with Crippen LogP contribution in [-0.2, 0) is 9.47 Å². The number of carbonyl (C=O) groups excluding carboxylic acids is 2. The van der Waals surface area contributed by atoms with E-state index in [-0.39, 0.29) is 0 Å². The van der Waals surface area contributed by atoms with Crippen LogP contribution in [0.15, 0.2) is 18.2 Å². The average molecular weight is 265 g/mol. The highest BCUT2D eigenvalue weighted by Crippen LogP contribution is 2.17. The number of carbonyl (C=O) groups is 2. The lowest BCUT2D eigenvalue weighted by atomic mass is 10.1. The minimum absolute atomic E-state index is 0.291. The number of hydrogen-bond acceptors (Lipinski definition) is 5. The lowest BCUT2D eigenvalue weighted by Crippen LogP contribution is -2.10. The van der Waals surface area contributed by atoms with Crippen LogP contribution in [0.3, 0.4) is 0 Å². The van der Waals surface area contributed by atoms with Crippen molar-refractivity contribution < 1.29 is 19.1 Å². The maximum atomic E-state index is 11.7. The van der Waals surface area contributed by atoms with E-state index in [9.17, 15) is 9.59 Å². The molecule has 0 aromatic heterocycles. The van der Waals surface area contributed by atoms with Crippen LogP contribution < -0.4 is 5.32 Å². The quantitative estimate of drug-likeness (QED) is 0.800. The van der Waals surface area contributed by atoms with Gasteiger partial charge in [-0.15, -0.1) is 0 Å². The van der Waals surface area contributed by atoms with Crippen molar-refractivity contribution in [3.63, 3.8) is 0 Å². The third-order valence-electron chi connectivity index (χ3n) is 2.34. The summed E-state index contributed by atoms with van der Waals surface area (Å²) >= 11 is 0. The third kappa shape index (κ3) is 4.28. The molecule has 0 spiro atoms. The van der Waals surface area contributed by atoms with E-state index in [4.69, 9.17) is 9.47 Å². The van der Waals surface area contributed by atoms with E-state index in [0.717, 1.165) is 0 Å². The van der Waals surface area contributed by atoms with Gasteiger partial charge in [0.25, 0.3) is 0 Å². The van der Waals surface area contributed by atoms with Crippen LogP contribution in [0.5, 0.6) is 0 Å². The summed E-state index contributed by atoms with van der Waals surface area (Å²) in [6.45, 7) is 6.67. The Kier molecular flexibility index (Phi) is 5.85. The van der Waals surface area contributed by atoms with E-state index >= 15 is 0 Å². The fraction of sp³-hybridized carbons (Fsp3) is 0.429. The van der Waals surface area contributed by atoms with E-state index in [1.807, 2.05) is 6.92 Å². The van der Waals surface area contributed by atoms with Crippen LogP contribution in [-0.4, -0.2) is 31.7 Å². The molecule has 0 amide bonds. The van der Waals surface area contributed by atoms with Gasteiger partial charge in [0.1, 0.15) is 0 Å². The maximum absolute atomic E-state index is 11.7. The zero-order valence-electron chi connectivity index (χ0n) is 11.5. The topological polar surface area (TPSA) is 64.6 Å². The second kappa shape index (κ2) is 7.41. The molecule has 0 unspecified atom stereocenters. The SMILES string of the molecule is CCNc1cc(C(=O)OCC)cc(C(=O)OCC)c1. The van der Waals surface area contributed by atoms with Gasteiger partial charge in [0.15, 0.2) is 0 Å². The fourth-order valence-electron chi connectivity index (χ4n) is 1.60. The molecule has 0 atom stereocenters. The van der Waals surface area contributed by atoms with E-state index in [1.54, 1.807) is 26.0 Å². The van der Waals surface area contributed by atoms with E-state index in [0.29, 0.717) is 36.6 Å². The van der Waals surface area contributed by atoms with Crippen molar-refractivity contribution in [2.45, 2.75) is 20.8 Å². The second-order valence-electron chi connectivity index (χ2n) is 3.77. The molecule has 1 rings (SSSR count). The minimum atomic E-state index is -0.451. The minimum Gasteiger partial charge on any atom is -0.462 e. The fourth-order valence-corrected chi connectivity index (χ4v) is 1.60. The Morgan fingerprint density at radius 2 is 1.42 bits per heavy atom. The highest BCUT2D eigenvalue weighted by Gasteiger charge is 2.14. The first-order valence-electron chi connectivity index (χ1n) is 6.35. The van der Waals surface area contributed by atoms with Crippen LogP contribution in [0.2, 0.25) is 0 Å². The first-order valence-corrected chi connectivity index (χ1v) is 6.35. The molecule has 104 valence electrons. The molecule has 0 radical (unpaired) electrons. The highest BCUT2D eigenvalue weighted by atomic mass is 16.5.